The van der Waals surface area contributed by atoms with Gasteiger partial charge >= 0.3 is 6.03 Å². The highest BCUT2D eigenvalue weighted by Crippen LogP contribution is 2.55. The number of hydrogen-bond acceptors (Lipinski definition) is 3. The number of aryl methyl sites for hydroxylation is 2. The molecule has 6 nitrogen and oxygen atoms in total. The molecule has 2 amide bonds. The van der Waals surface area contributed by atoms with Gasteiger partial charge < -0.3 is 10.2 Å². The molecule has 0 aromatic heterocycles. The molecule has 186 valence electrons. The summed E-state index contributed by atoms with van der Waals surface area (Å²) in [7, 11) is -3.48. The molecule has 34 heavy (non-hydrogen) atoms. The molecular weight excluding hydrogens is 446 g/mol. The van der Waals surface area contributed by atoms with Gasteiger partial charge in [-0.15, -0.1) is 0 Å². The zero-order valence-electron chi connectivity index (χ0n) is 20.7. The zero-order valence-corrected chi connectivity index (χ0v) is 21.5. The first-order valence-corrected chi connectivity index (χ1v) is 14.7. The number of benzene rings is 1. The van der Waals surface area contributed by atoms with Crippen LogP contribution < -0.4 is 5.32 Å². The van der Waals surface area contributed by atoms with E-state index in [1.165, 1.54) is 38.5 Å². The lowest BCUT2D eigenvalue weighted by atomic mass is 9.53. The first kappa shape index (κ1) is 22.8. The van der Waals surface area contributed by atoms with Crippen LogP contribution in [0.2, 0.25) is 0 Å². The summed E-state index contributed by atoms with van der Waals surface area (Å²) in [5, 5.41) is 3.54. The highest BCUT2D eigenvalue weighted by atomic mass is 32.2. The molecule has 4 bridgehead atoms. The van der Waals surface area contributed by atoms with Crippen molar-refractivity contribution in [3.8, 4) is 0 Å². The normalized spacial score (nSPS) is 34.6. The van der Waals surface area contributed by atoms with Gasteiger partial charge in [-0.25, -0.2) is 13.2 Å². The van der Waals surface area contributed by atoms with Gasteiger partial charge in [0.15, 0.2) is 0 Å². The van der Waals surface area contributed by atoms with E-state index in [0.717, 1.165) is 61.2 Å². The van der Waals surface area contributed by atoms with Crippen LogP contribution in [0.4, 0.5) is 4.79 Å². The van der Waals surface area contributed by atoms with E-state index < -0.39 is 10.0 Å². The van der Waals surface area contributed by atoms with Crippen LogP contribution in [-0.4, -0.2) is 55.4 Å². The Labute approximate surface area is 204 Å². The maximum Gasteiger partial charge on any atom is 0.317 e. The second kappa shape index (κ2) is 7.95. The Hall–Kier alpha value is -1.60. The van der Waals surface area contributed by atoms with Crippen molar-refractivity contribution in [2.75, 3.05) is 26.2 Å². The fourth-order valence-corrected chi connectivity index (χ4v) is 10.2. The third-order valence-electron chi connectivity index (χ3n) is 9.88. The van der Waals surface area contributed by atoms with Crippen molar-refractivity contribution < 1.29 is 13.2 Å². The molecular formula is C27H39N3O3S. The van der Waals surface area contributed by atoms with Crippen molar-refractivity contribution in [2.45, 2.75) is 82.1 Å². The molecule has 2 heterocycles. The number of likely N-dealkylation sites (tertiary alicyclic amines) is 1. The van der Waals surface area contributed by atoms with Crippen LogP contribution in [-0.2, 0) is 10.0 Å². The fraction of sp³-hybridized carbons (Fsp3) is 0.741. The standard InChI is InChI=1S/C27H39N3O3S/c1-19-3-4-20(2)24(11-19)34(32,33)30-9-6-26(7-10-30)5-8-29(18-26)25(31)28-27-15-21-12-22(16-27)14-23(13-21)17-27/h3-4,11,21-23H,5-10,12-18H2,1-2H3,(H,28,31). The van der Waals surface area contributed by atoms with Gasteiger partial charge in [0.2, 0.25) is 10.0 Å². The number of urea groups is 1. The summed E-state index contributed by atoms with van der Waals surface area (Å²) in [6.45, 7) is 6.45. The molecule has 0 unspecified atom stereocenters. The molecule has 0 atom stereocenters. The minimum absolute atomic E-state index is 0.0463. The highest BCUT2D eigenvalue weighted by molar-refractivity contribution is 7.89. The summed E-state index contributed by atoms with van der Waals surface area (Å²) >= 11 is 0. The second-order valence-electron chi connectivity index (χ2n) is 12.5. The fourth-order valence-electron chi connectivity index (χ4n) is 8.41. The van der Waals surface area contributed by atoms with E-state index in [1.54, 1.807) is 10.4 Å². The predicted octanol–water partition coefficient (Wildman–Crippen LogP) is 4.46. The minimum Gasteiger partial charge on any atom is -0.333 e. The predicted molar refractivity (Wildman–Crippen MR) is 132 cm³/mol. The van der Waals surface area contributed by atoms with Crippen molar-refractivity contribution in [1.82, 2.24) is 14.5 Å². The molecule has 1 N–H and O–H groups in total. The minimum atomic E-state index is -3.48. The van der Waals surface area contributed by atoms with Crippen LogP contribution >= 0.6 is 0 Å². The molecule has 7 heteroatoms. The van der Waals surface area contributed by atoms with Crippen LogP contribution in [0.15, 0.2) is 23.1 Å². The maximum absolute atomic E-state index is 13.3. The number of sulfonamides is 1. The Bertz CT molecular complexity index is 1060. The molecule has 6 aliphatic rings. The molecule has 4 aliphatic carbocycles. The highest BCUT2D eigenvalue weighted by Gasteiger charge is 2.52. The zero-order chi connectivity index (χ0) is 23.7. The summed E-state index contributed by atoms with van der Waals surface area (Å²) in [6.07, 6.45) is 10.3. The lowest BCUT2D eigenvalue weighted by molar-refractivity contribution is -0.0155. The second-order valence-corrected chi connectivity index (χ2v) is 14.4. The number of rotatable bonds is 3. The first-order valence-electron chi connectivity index (χ1n) is 13.3. The van der Waals surface area contributed by atoms with Gasteiger partial charge in [-0.3, -0.25) is 0 Å². The summed E-state index contributed by atoms with van der Waals surface area (Å²) < 4.78 is 28.3. The monoisotopic (exact) mass is 485 g/mol. The van der Waals surface area contributed by atoms with Crippen LogP contribution in [0.3, 0.4) is 0 Å². The van der Waals surface area contributed by atoms with Gasteiger partial charge in [0, 0.05) is 31.7 Å². The van der Waals surface area contributed by atoms with Gasteiger partial charge in [-0.05, 0) is 112 Å². The van der Waals surface area contributed by atoms with E-state index in [9.17, 15) is 13.2 Å². The summed E-state index contributed by atoms with van der Waals surface area (Å²) in [4.78, 5) is 15.8. The molecule has 6 fully saturated rings. The Morgan fingerprint density at radius 3 is 2.15 bits per heavy atom. The smallest absolute Gasteiger partial charge is 0.317 e. The van der Waals surface area contributed by atoms with Gasteiger partial charge in [0.25, 0.3) is 0 Å². The van der Waals surface area contributed by atoms with Crippen LogP contribution in [0.1, 0.15) is 68.9 Å². The molecule has 1 aromatic rings. The van der Waals surface area contributed by atoms with Gasteiger partial charge in [0.1, 0.15) is 0 Å². The molecule has 1 spiro atoms. The topological polar surface area (TPSA) is 69.7 Å². The van der Waals surface area contributed by atoms with Crippen molar-refractivity contribution >= 4 is 16.1 Å². The average molecular weight is 486 g/mol. The van der Waals surface area contributed by atoms with E-state index in [-0.39, 0.29) is 17.0 Å². The lowest BCUT2D eigenvalue weighted by Gasteiger charge is -2.57. The van der Waals surface area contributed by atoms with Gasteiger partial charge in [0.05, 0.1) is 4.90 Å². The summed E-state index contributed by atoms with van der Waals surface area (Å²) in [5.41, 5.74) is 1.88. The van der Waals surface area contributed by atoms with E-state index in [1.807, 2.05) is 30.9 Å². The molecule has 2 saturated heterocycles. The number of hydrogen-bond donors (Lipinski definition) is 1. The molecule has 1 aromatic carbocycles. The number of nitrogens with one attached hydrogen (secondary N) is 1. The van der Waals surface area contributed by atoms with Crippen LogP contribution in [0.25, 0.3) is 0 Å². The van der Waals surface area contributed by atoms with Crippen LogP contribution in [0, 0.1) is 37.0 Å². The molecule has 7 rings (SSSR count). The Balaban J connectivity index is 1.09. The number of carbonyl (C=O) groups excluding carboxylic acids is 1. The number of carbonyl (C=O) groups is 1. The maximum atomic E-state index is 13.3. The number of piperidine rings is 1. The van der Waals surface area contributed by atoms with Crippen molar-refractivity contribution in [3.05, 3.63) is 29.3 Å². The van der Waals surface area contributed by atoms with E-state index in [4.69, 9.17) is 0 Å². The van der Waals surface area contributed by atoms with Crippen molar-refractivity contribution in [1.29, 1.82) is 0 Å². The lowest BCUT2D eigenvalue weighted by Crippen LogP contribution is -2.61. The van der Waals surface area contributed by atoms with Crippen molar-refractivity contribution in [2.24, 2.45) is 23.2 Å². The largest absolute Gasteiger partial charge is 0.333 e. The molecule has 0 radical (unpaired) electrons. The van der Waals surface area contributed by atoms with E-state index >= 15 is 0 Å². The quantitative estimate of drug-likeness (QED) is 0.687. The Morgan fingerprint density at radius 1 is 0.941 bits per heavy atom. The Morgan fingerprint density at radius 2 is 1.53 bits per heavy atom. The SMILES string of the molecule is Cc1ccc(C)c(S(=O)(=O)N2CCC3(CCN(C(=O)NC45CC6CC(CC(C6)C4)C5)C3)CC2)c1. The van der Waals surface area contributed by atoms with E-state index in [2.05, 4.69) is 5.32 Å². The van der Waals surface area contributed by atoms with Gasteiger partial charge in [-0.1, -0.05) is 12.1 Å². The average Bonchev–Trinajstić information content (AvgIpc) is 3.18. The molecule has 2 aliphatic heterocycles. The Kier molecular flexibility index (Phi) is 5.34. The van der Waals surface area contributed by atoms with Crippen LogP contribution in [0.5, 0.6) is 0 Å². The van der Waals surface area contributed by atoms with E-state index in [0.29, 0.717) is 18.0 Å². The summed E-state index contributed by atoms with van der Waals surface area (Å²) in [6, 6.07) is 5.77. The summed E-state index contributed by atoms with van der Waals surface area (Å²) in [5.74, 6) is 2.46. The van der Waals surface area contributed by atoms with Crippen molar-refractivity contribution in [3.63, 3.8) is 0 Å². The molecule has 4 saturated carbocycles. The first-order chi connectivity index (χ1) is 16.2. The number of nitrogens with zero attached hydrogens (tertiary/aromatic N) is 2. The third-order valence-corrected chi connectivity index (χ3v) is 11.9. The number of amides is 2. The third kappa shape index (κ3) is 3.87. The van der Waals surface area contributed by atoms with Gasteiger partial charge in [-0.2, -0.15) is 4.31 Å².